The molecule has 3 rings (SSSR count). The molecule has 3 aromatic rings. The second-order valence-electron chi connectivity index (χ2n) is 7.87. The first-order valence-corrected chi connectivity index (χ1v) is 11.9. The Hall–Kier alpha value is -3.65. The quantitative estimate of drug-likeness (QED) is 0.407. The molecule has 0 atom stereocenters. The third-order valence-electron chi connectivity index (χ3n) is 5.21. The summed E-state index contributed by atoms with van der Waals surface area (Å²) in [6.45, 7) is 3.44. The molecule has 0 aliphatic rings. The Kier molecular flexibility index (Phi) is 7.50. The lowest BCUT2D eigenvalue weighted by Crippen LogP contribution is -2.39. The number of nitrogens with one attached hydrogen (secondary N) is 1. The lowest BCUT2D eigenvalue weighted by Gasteiger charge is -2.24. The highest BCUT2D eigenvalue weighted by Crippen LogP contribution is 2.25. The molecule has 0 aliphatic carbocycles. The Bertz CT molecular complexity index is 1240. The van der Waals surface area contributed by atoms with Crippen molar-refractivity contribution < 1.29 is 13.2 Å². The number of anilines is 2. The molecule has 0 aliphatic heterocycles. The average molecular weight is 465 g/mol. The van der Waals surface area contributed by atoms with Gasteiger partial charge in [0, 0.05) is 19.8 Å². The minimum absolute atomic E-state index is 0.112. The summed E-state index contributed by atoms with van der Waals surface area (Å²) >= 11 is 0. The largest absolute Gasteiger partial charge is 0.378 e. The molecule has 7 nitrogen and oxygen atoms in total. The van der Waals surface area contributed by atoms with E-state index in [4.69, 9.17) is 0 Å². The molecule has 0 unspecified atom stereocenters. The summed E-state index contributed by atoms with van der Waals surface area (Å²) in [6, 6.07) is 21.0. The Labute approximate surface area is 195 Å². The van der Waals surface area contributed by atoms with Crippen molar-refractivity contribution >= 4 is 33.5 Å². The van der Waals surface area contributed by atoms with Gasteiger partial charge in [0.05, 0.1) is 16.8 Å². The maximum atomic E-state index is 13.4. The fraction of sp³-hybridized carbons (Fsp3) is 0.200. The summed E-state index contributed by atoms with van der Waals surface area (Å²) in [7, 11) is -0.0480. The number of nitrogens with zero attached hydrogens (tertiary/aromatic N) is 3. The van der Waals surface area contributed by atoms with Crippen LogP contribution >= 0.6 is 0 Å². The van der Waals surface area contributed by atoms with E-state index in [0.29, 0.717) is 5.69 Å². The number of hydrazone groups is 1. The minimum atomic E-state index is -3.95. The van der Waals surface area contributed by atoms with Crippen molar-refractivity contribution in [3.8, 4) is 0 Å². The molecule has 0 spiro atoms. The molecule has 0 heterocycles. The first kappa shape index (κ1) is 24.0. The number of rotatable bonds is 8. The molecule has 1 amide bonds. The van der Waals surface area contributed by atoms with Crippen molar-refractivity contribution in [1.82, 2.24) is 5.43 Å². The number of benzene rings is 3. The predicted molar refractivity (Wildman–Crippen MR) is 133 cm³/mol. The summed E-state index contributed by atoms with van der Waals surface area (Å²) < 4.78 is 27.8. The lowest BCUT2D eigenvalue weighted by atomic mass is 10.1. The highest BCUT2D eigenvalue weighted by Gasteiger charge is 2.27. The maximum Gasteiger partial charge on any atom is 0.264 e. The van der Waals surface area contributed by atoms with Crippen LogP contribution in [0.2, 0.25) is 0 Å². The van der Waals surface area contributed by atoms with Gasteiger partial charge < -0.3 is 4.90 Å². The van der Waals surface area contributed by atoms with Crippen LogP contribution in [0, 0.1) is 13.8 Å². The zero-order valence-electron chi connectivity index (χ0n) is 19.2. The van der Waals surface area contributed by atoms with E-state index in [1.54, 1.807) is 30.3 Å². The van der Waals surface area contributed by atoms with Crippen LogP contribution in [-0.2, 0) is 14.8 Å². The Morgan fingerprint density at radius 2 is 1.55 bits per heavy atom. The zero-order valence-corrected chi connectivity index (χ0v) is 20.0. The van der Waals surface area contributed by atoms with Crippen LogP contribution in [0.15, 0.2) is 82.8 Å². The van der Waals surface area contributed by atoms with Gasteiger partial charge in [0.1, 0.15) is 6.54 Å². The van der Waals surface area contributed by atoms with E-state index in [1.165, 1.54) is 18.3 Å². The highest BCUT2D eigenvalue weighted by atomic mass is 32.2. The summed E-state index contributed by atoms with van der Waals surface area (Å²) in [5, 5.41) is 3.99. The normalized spacial score (nSPS) is 11.4. The van der Waals surface area contributed by atoms with Gasteiger partial charge in [0.25, 0.3) is 15.9 Å². The third kappa shape index (κ3) is 5.98. The summed E-state index contributed by atoms with van der Waals surface area (Å²) in [4.78, 5) is 14.7. The second kappa shape index (κ2) is 10.3. The first-order valence-electron chi connectivity index (χ1n) is 10.4. The number of carbonyl (C=O) groups is 1. The number of amides is 1. The molecule has 3 aromatic carbocycles. The molecule has 172 valence electrons. The van der Waals surface area contributed by atoms with E-state index in [1.807, 2.05) is 63.2 Å². The summed E-state index contributed by atoms with van der Waals surface area (Å²) in [6.07, 6.45) is 1.52. The van der Waals surface area contributed by atoms with E-state index in [-0.39, 0.29) is 4.90 Å². The molecular formula is C25H28N4O3S. The van der Waals surface area contributed by atoms with Gasteiger partial charge in [-0.1, -0.05) is 36.4 Å². The van der Waals surface area contributed by atoms with Gasteiger partial charge in [-0.2, -0.15) is 5.10 Å². The van der Waals surface area contributed by atoms with Crippen LogP contribution in [-0.4, -0.2) is 41.2 Å². The van der Waals surface area contributed by atoms with Crippen molar-refractivity contribution in [2.45, 2.75) is 18.7 Å². The van der Waals surface area contributed by atoms with Gasteiger partial charge in [-0.15, -0.1) is 0 Å². The standard InChI is InChI=1S/C25H28N4O3S/c1-19-10-13-23(16-20(19)2)29(33(31,32)24-8-6-5-7-9-24)18-25(30)27-26-17-21-11-14-22(15-12-21)28(3)4/h5-17H,18H2,1-4H3,(H,27,30)/b26-17-. The van der Waals surface area contributed by atoms with Crippen molar-refractivity contribution in [2.24, 2.45) is 5.10 Å². The number of aryl methyl sites for hydroxylation is 2. The molecule has 8 heteroatoms. The number of hydrogen-bond donors (Lipinski definition) is 1. The van der Waals surface area contributed by atoms with E-state index in [2.05, 4.69) is 10.5 Å². The Morgan fingerprint density at radius 3 is 2.15 bits per heavy atom. The van der Waals surface area contributed by atoms with E-state index in [9.17, 15) is 13.2 Å². The van der Waals surface area contributed by atoms with E-state index < -0.39 is 22.5 Å². The molecule has 0 saturated heterocycles. The molecular weight excluding hydrogens is 436 g/mol. The highest BCUT2D eigenvalue weighted by molar-refractivity contribution is 7.92. The molecule has 1 N–H and O–H groups in total. The van der Waals surface area contributed by atoms with Crippen LogP contribution in [0.4, 0.5) is 11.4 Å². The minimum Gasteiger partial charge on any atom is -0.378 e. The van der Waals surface area contributed by atoms with Crippen LogP contribution in [0.1, 0.15) is 16.7 Å². The van der Waals surface area contributed by atoms with Gasteiger partial charge >= 0.3 is 0 Å². The Morgan fingerprint density at radius 1 is 0.909 bits per heavy atom. The molecule has 0 bridgehead atoms. The fourth-order valence-corrected chi connectivity index (χ4v) is 4.55. The Balaban J connectivity index is 1.81. The van der Waals surface area contributed by atoms with Crippen molar-refractivity contribution in [3.05, 3.63) is 89.5 Å². The first-order chi connectivity index (χ1) is 15.7. The molecule has 0 radical (unpaired) electrons. The summed E-state index contributed by atoms with van der Waals surface area (Å²) in [5.74, 6) is -0.547. The monoisotopic (exact) mass is 464 g/mol. The van der Waals surface area contributed by atoms with E-state index >= 15 is 0 Å². The number of sulfonamides is 1. The van der Waals surface area contributed by atoms with Crippen molar-refractivity contribution in [3.63, 3.8) is 0 Å². The van der Waals surface area contributed by atoms with Gasteiger partial charge in [0.2, 0.25) is 0 Å². The smallest absolute Gasteiger partial charge is 0.264 e. The number of hydrogen-bond acceptors (Lipinski definition) is 5. The molecule has 0 aromatic heterocycles. The van der Waals surface area contributed by atoms with E-state index in [0.717, 1.165) is 26.7 Å². The SMILES string of the molecule is Cc1ccc(N(CC(=O)N/N=C\c2ccc(N(C)C)cc2)S(=O)(=O)c2ccccc2)cc1C. The number of carbonyl (C=O) groups excluding carboxylic acids is 1. The van der Waals surface area contributed by atoms with Crippen LogP contribution in [0.3, 0.4) is 0 Å². The van der Waals surface area contributed by atoms with Gasteiger partial charge in [-0.3, -0.25) is 9.10 Å². The van der Waals surface area contributed by atoms with Gasteiger partial charge in [-0.05, 0) is 66.9 Å². The predicted octanol–water partition coefficient (Wildman–Crippen LogP) is 3.72. The fourth-order valence-electron chi connectivity index (χ4n) is 3.12. The van der Waals surface area contributed by atoms with Crippen LogP contribution in [0.25, 0.3) is 0 Å². The average Bonchev–Trinajstić information content (AvgIpc) is 2.80. The zero-order chi connectivity index (χ0) is 24.0. The van der Waals surface area contributed by atoms with Gasteiger partial charge in [-0.25, -0.2) is 13.8 Å². The van der Waals surface area contributed by atoms with Crippen LogP contribution < -0.4 is 14.6 Å². The molecule has 33 heavy (non-hydrogen) atoms. The molecule has 0 fully saturated rings. The van der Waals surface area contributed by atoms with Crippen molar-refractivity contribution in [2.75, 3.05) is 29.8 Å². The van der Waals surface area contributed by atoms with Crippen molar-refractivity contribution in [1.29, 1.82) is 0 Å². The lowest BCUT2D eigenvalue weighted by molar-refractivity contribution is -0.119. The second-order valence-corrected chi connectivity index (χ2v) is 9.73. The summed E-state index contributed by atoms with van der Waals surface area (Å²) in [5.41, 5.74) is 6.67. The topological polar surface area (TPSA) is 82.1 Å². The maximum absolute atomic E-state index is 13.4. The molecule has 0 saturated carbocycles. The van der Waals surface area contributed by atoms with Crippen LogP contribution in [0.5, 0.6) is 0 Å². The third-order valence-corrected chi connectivity index (χ3v) is 7.00. The van der Waals surface area contributed by atoms with Gasteiger partial charge in [0.15, 0.2) is 0 Å².